The Labute approximate surface area is 161 Å². The zero-order valence-electron chi connectivity index (χ0n) is 15.3. The number of nitrogens with one attached hydrogen (secondary N) is 1. The number of nitrogens with zero attached hydrogens (tertiary/aromatic N) is 2. The molecule has 0 fully saturated rings. The number of aryl methyl sites for hydroxylation is 2. The van der Waals surface area contributed by atoms with E-state index in [1.165, 1.54) is 0 Å². The molecule has 0 aliphatic carbocycles. The summed E-state index contributed by atoms with van der Waals surface area (Å²) in [4.78, 5) is 20.5. The lowest BCUT2D eigenvalue weighted by molar-refractivity contribution is -0.118. The molecule has 2 aromatic heterocycles. The molecule has 140 valence electrons. The summed E-state index contributed by atoms with van der Waals surface area (Å²) < 4.78 is 18.1. The molecule has 0 saturated carbocycles. The highest BCUT2D eigenvalue weighted by Crippen LogP contribution is 2.23. The van der Waals surface area contributed by atoms with Crippen molar-refractivity contribution in [3.8, 4) is 11.5 Å². The van der Waals surface area contributed by atoms with Gasteiger partial charge in [-0.05, 0) is 48.8 Å². The molecule has 0 saturated heterocycles. The SMILES string of the molecule is Cc1cccc(-c2nc(C[S+]([O-])CC(=O)NCc3cccnc3)c(C)o2)c1. The predicted molar refractivity (Wildman–Crippen MR) is 104 cm³/mol. The van der Waals surface area contributed by atoms with E-state index in [1.807, 2.05) is 37.3 Å². The van der Waals surface area contributed by atoms with Crippen LogP contribution < -0.4 is 5.32 Å². The summed E-state index contributed by atoms with van der Waals surface area (Å²) in [5.74, 6) is 0.963. The molecule has 1 unspecified atom stereocenters. The number of pyridine rings is 1. The Morgan fingerprint density at radius 2 is 2.11 bits per heavy atom. The first-order chi connectivity index (χ1) is 13.0. The molecule has 6 nitrogen and oxygen atoms in total. The second-order valence-corrected chi connectivity index (χ2v) is 7.71. The zero-order valence-corrected chi connectivity index (χ0v) is 16.1. The Morgan fingerprint density at radius 1 is 1.26 bits per heavy atom. The third-order valence-corrected chi connectivity index (χ3v) is 5.14. The first-order valence-corrected chi connectivity index (χ1v) is 10.0. The van der Waals surface area contributed by atoms with E-state index in [1.54, 1.807) is 25.4 Å². The minimum atomic E-state index is -1.37. The molecule has 0 bridgehead atoms. The Balaban J connectivity index is 1.56. The summed E-state index contributed by atoms with van der Waals surface area (Å²) in [6.45, 7) is 4.16. The molecule has 0 radical (unpaired) electrons. The number of carbonyl (C=O) groups excluding carboxylic acids is 1. The van der Waals surface area contributed by atoms with Gasteiger partial charge in [0.05, 0.1) is 0 Å². The number of carbonyl (C=O) groups is 1. The molecule has 0 aliphatic rings. The van der Waals surface area contributed by atoms with Gasteiger partial charge in [-0.3, -0.25) is 9.78 Å². The molecule has 7 heteroatoms. The zero-order chi connectivity index (χ0) is 19.2. The average Bonchev–Trinajstić information content (AvgIpc) is 3.01. The maximum absolute atomic E-state index is 12.3. The molecular formula is C20H21N3O3S. The maximum Gasteiger partial charge on any atom is 0.270 e. The Bertz CT molecular complexity index is 912. The van der Waals surface area contributed by atoms with Crippen molar-refractivity contribution < 1.29 is 13.8 Å². The highest BCUT2D eigenvalue weighted by molar-refractivity contribution is 7.91. The van der Waals surface area contributed by atoms with Crippen molar-refractivity contribution in [3.05, 3.63) is 71.4 Å². The van der Waals surface area contributed by atoms with E-state index in [2.05, 4.69) is 15.3 Å². The summed E-state index contributed by atoms with van der Waals surface area (Å²) >= 11 is -1.37. The van der Waals surface area contributed by atoms with Gasteiger partial charge < -0.3 is 14.3 Å². The van der Waals surface area contributed by atoms with E-state index in [9.17, 15) is 9.35 Å². The van der Waals surface area contributed by atoms with E-state index >= 15 is 0 Å². The van der Waals surface area contributed by atoms with Gasteiger partial charge >= 0.3 is 0 Å². The smallest absolute Gasteiger partial charge is 0.270 e. The van der Waals surface area contributed by atoms with Crippen molar-refractivity contribution in [3.63, 3.8) is 0 Å². The Morgan fingerprint density at radius 3 is 2.85 bits per heavy atom. The molecule has 3 rings (SSSR count). The standard InChI is InChI=1S/C20H21N3O3S/c1-14-5-3-7-17(9-14)20-23-18(15(2)26-20)12-27(25)13-19(24)22-11-16-6-4-8-21-10-16/h3-10H,11-13H2,1-2H3,(H,22,24). The van der Waals surface area contributed by atoms with Gasteiger partial charge in [0.15, 0.2) is 11.5 Å². The molecule has 1 amide bonds. The van der Waals surface area contributed by atoms with Crippen LogP contribution in [-0.4, -0.2) is 26.2 Å². The number of hydrogen-bond acceptors (Lipinski definition) is 5. The van der Waals surface area contributed by atoms with Gasteiger partial charge in [0.25, 0.3) is 5.91 Å². The van der Waals surface area contributed by atoms with Crippen LogP contribution in [0.1, 0.15) is 22.6 Å². The third-order valence-electron chi connectivity index (χ3n) is 3.96. The largest absolute Gasteiger partial charge is 0.616 e. The van der Waals surface area contributed by atoms with Gasteiger partial charge in [0, 0.05) is 24.5 Å². The van der Waals surface area contributed by atoms with E-state index < -0.39 is 11.2 Å². The molecule has 2 heterocycles. The Hall–Kier alpha value is -2.64. The minimum Gasteiger partial charge on any atom is -0.616 e. The van der Waals surface area contributed by atoms with Crippen LogP contribution in [0.15, 0.2) is 53.2 Å². The summed E-state index contributed by atoms with van der Waals surface area (Å²) in [6, 6.07) is 11.5. The van der Waals surface area contributed by atoms with E-state index in [0.29, 0.717) is 23.9 Å². The van der Waals surface area contributed by atoms with Crippen molar-refractivity contribution in [1.29, 1.82) is 0 Å². The molecule has 0 spiro atoms. The van der Waals surface area contributed by atoms with Crippen LogP contribution in [0.4, 0.5) is 0 Å². The molecule has 27 heavy (non-hydrogen) atoms. The van der Waals surface area contributed by atoms with Crippen LogP contribution >= 0.6 is 0 Å². The fourth-order valence-corrected chi connectivity index (χ4v) is 3.64. The number of rotatable bonds is 7. The second kappa shape index (κ2) is 8.83. The summed E-state index contributed by atoms with van der Waals surface area (Å²) in [7, 11) is 0. The highest BCUT2D eigenvalue weighted by Gasteiger charge is 2.20. The van der Waals surface area contributed by atoms with Crippen molar-refractivity contribution in [1.82, 2.24) is 15.3 Å². The molecule has 0 aliphatic heterocycles. The van der Waals surface area contributed by atoms with Gasteiger partial charge in [-0.15, -0.1) is 0 Å². The van der Waals surface area contributed by atoms with Crippen LogP contribution in [0.2, 0.25) is 0 Å². The fourth-order valence-electron chi connectivity index (χ4n) is 2.57. The third kappa shape index (κ3) is 5.42. The molecule has 1 atom stereocenters. The molecular weight excluding hydrogens is 362 g/mol. The topological polar surface area (TPSA) is 91.1 Å². The molecule has 3 aromatic rings. The number of aromatic nitrogens is 2. The van der Waals surface area contributed by atoms with Crippen LogP contribution in [-0.2, 0) is 28.3 Å². The monoisotopic (exact) mass is 383 g/mol. The molecule has 1 N–H and O–H groups in total. The van der Waals surface area contributed by atoms with Crippen LogP contribution in [0.5, 0.6) is 0 Å². The van der Waals surface area contributed by atoms with E-state index in [-0.39, 0.29) is 17.4 Å². The van der Waals surface area contributed by atoms with Gasteiger partial charge in [0.1, 0.15) is 11.5 Å². The van der Waals surface area contributed by atoms with E-state index in [0.717, 1.165) is 16.7 Å². The first kappa shape index (κ1) is 19.1. The number of benzene rings is 1. The number of oxazole rings is 1. The van der Waals surface area contributed by atoms with Crippen LogP contribution in [0.25, 0.3) is 11.5 Å². The summed E-state index contributed by atoms with van der Waals surface area (Å²) in [6.07, 6.45) is 3.36. The quantitative estimate of drug-likeness (QED) is 0.634. The lowest BCUT2D eigenvalue weighted by atomic mass is 10.1. The van der Waals surface area contributed by atoms with Crippen LogP contribution in [0.3, 0.4) is 0 Å². The van der Waals surface area contributed by atoms with Crippen LogP contribution in [0, 0.1) is 13.8 Å². The van der Waals surface area contributed by atoms with Gasteiger partial charge in [-0.1, -0.05) is 23.8 Å². The van der Waals surface area contributed by atoms with Crippen molar-refractivity contribution >= 4 is 17.1 Å². The fraction of sp³-hybridized carbons (Fsp3) is 0.250. The second-order valence-electron chi connectivity index (χ2n) is 6.26. The lowest BCUT2D eigenvalue weighted by Crippen LogP contribution is -2.30. The molecule has 1 aromatic carbocycles. The van der Waals surface area contributed by atoms with E-state index in [4.69, 9.17) is 4.42 Å². The van der Waals surface area contributed by atoms with Gasteiger partial charge in [-0.2, -0.15) is 0 Å². The number of amides is 1. The maximum atomic E-state index is 12.3. The van der Waals surface area contributed by atoms with Crippen molar-refractivity contribution in [2.75, 3.05) is 5.75 Å². The Kier molecular flexibility index (Phi) is 6.26. The normalized spacial score (nSPS) is 12.0. The lowest BCUT2D eigenvalue weighted by Gasteiger charge is -2.10. The van der Waals surface area contributed by atoms with Gasteiger partial charge in [-0.25, -0.2) is 4.98 Å². The number of hydrogen-bond donors (Lipinski definition) is 1. The minimum absolute atomic E-state index is 0.0770. The summed E-state index contributed by atoms with van der Waals surface area (Å²) in [5, 5.41) is 2.75. The predicted octanol–water partition coefficient (Wildman–Crippen LogP) is 2.92. The van der Waals surface area contributed by atoms with Crippen molar-refractivity contribution in [2.45, 2.75) is 26.1 Å². The first-order valence-electron chi connectivity index (χ1n) is 8.55. The highest BCUT2D eigenvalue weighted by atomic mass is 32.2. The van der Waals surface area contributed by atoms with Crippen molar-refractivity contribution in [2.24, 2.45) is 0 Å². The average molecular weight is 383 g/mol. The van der Waals surface area contributed by atoms with Gasteiger partial charge in [0.2, 0.25) is 5.89 Å². The summed E-state index contributed by atoms with van der Waals surface area (Å²) in [5.41, 5.74) is 3.50.